The second-order valence-corrected chi connectivity index (χ2v) is 32.6. The number of hydrogen-bond acceptors (Lipinski definition) is 15. The first-order valence-corrected chi connectivity index (χ1v) is 44.2. The normalized spacial score (nSPS) is 14.4. The molecule has 0 amide bonds. The number of carbonyl (C=O) groups excluding carboxylic acids is 4. The van der Waals surface area contributed by atoms with E-state index in [0.29, 0.717) is 31.6 Å². The minimum absolute atomic E-state index is 0.0851. The molecular weight excluding hydrogens is 1310 g/mol. The number of ether oxygens (including phenoxy) is 4. The van der Waals surface area contributed by atoms with Crippen LogP contribution in [-0.2, 0) is 65.4 Å². The average molecular weight is 1460 g/mol. The SMILES string of the molecule is CCCCCC/C=C\C=C/CCCCCCCC(=O)O[C@H](COC(=O)CCCCCCCCCCCCCCCCCC(C)C)COP(=O)(O)OC[C@@H](O)COP(=O)(O)OC[C@@H](COC(=O)CCCCCCCCC(C)C)OC(=O)CCCCCCCCCCCCCCCCC(C)CC. The summed E-state index contributed by atoms with van der Waals surface area (Å²) in [6.45, 7) is 11.9. The number of esters is 4. The molecule has 0 aliphatic carbocycles. The third-order valence-electron chi connectivity index (χ3n) is 18.6. The van der Waals surface area contributed by atoms with Gasteiger partial charge in [-0.05, 0) is 69.1 Å². The summed E-state index contributed by atoms with van der Waals surface area (Å²) in [7, 11) is -9.93. The highest BCUT2D eigenvalue weighted by Crippen LogP contribution is 2.45. The van der Waals surface area contributed by atoms with Gasteiger partial charge in [0.15, 0.2) is 12.2 Å². The Labute approximate surface area is 612 Å². The minimum atomic E-state index is -4.97. The van der Waals surface area contributed by atoms with E-state index in [1.54, 1.807) is 0 Å². The molecule has 0 aromatic heterocycles. The molecule has 0 saturated heterocycles. The topological polar surface area (TPSA) is 237 Å². The van der Waals surface area contributed by atoms with E-state index in [0.717, 1.165) is 121 Å². The molecule has 17 nitrogen and oxygen atoms in total. The van der Waals surface area contributed by atoms with E-state index < -0.39 is 97.5 Å². The van der Waals surface area contributed by atoms with Crippen LogP contribution in [0.15, 0.2) is 24.3 Å². The zero-order valence-corrected chi connectivity index (χ0v) is 66.9. The van der Waals surface area contributed by atoms with Crippen LogP contribution in [0.25, 0.3) is 0 Å². The predicted molar refractivity (Wildman–Crippen MR) is 409 cm³/mol. The Morgan fingerprint density at radius 2 is 0.590 bits per heavy atom. The molecule has 0 fully saturated rings. The monoisotopic (exact) mass is 1460 g/mol. The molecule has 0 rings (SSSR count). The van der Waals surface area contributed by atoms with Crippen LogP contribution in [-0.4, -0.2) is 96.7 Å². The molecule has 3 unspecified atom stereocenters. The molecule has 0 bridgehead atoms. The summed E-state index contributed by atoms with van der Waals surface area (Å²) in [5, 5.41) is 10.6. The number of aliphatic hydroxyl groups is 1. The number of unbranched alkanes of at least 4 members (excludes halogenated alkanes) is 41. The Morgan fingerprint density at radius 3 is 0.890 bits per heavy atom. The standard InChI is InChI=1S/C81H154O17P2/c1-8-10-11-12-13-14-15-16-18-26-31-36-41-50-57-64-80(85)97-76(68-91-78(83)62-55-48-40-35-30-25-20-17-19-23-28-33-38-45-52-59-72(3)4)70-95-99(87,88)93-66-75(82)67-94-100(89,90)96-71-77(69-92-79(84)63-56-49-44-43-46-53-60-73(5)6)98-81(86)65-58-51-42-37-32-27-22-21-24-29-34-39-47-54-61-74(7)9-2/h14-16,18,72-77,82H,8-13,17,19-71H2,1-7H3,(H,87,88)(H,89,90)/b15-14-,18-16-/t74?,75-,76-,77-/m1/s1. The van der Waals surface area contributed by atoms with Crippen LogP contribution in [0, 0.1) is 17.8 Å². The Morgan fingerprint density at radius 1 is 0.330 bits per heavy atom. The third-order valence-corrected chi connectivity index (χ3v) is 20.5. The van der Waals surface area contributed by atoms with E-state index in [-0.39, 0.29) is 25.7 Å². The molecule has 0 aliphatic heterocycles. The number of phosphoric ester groups is 2. The molecule has 0 aliphatic rings. The fraction of sp³-hybridized carbons (Fsp3) is 0.901. The summed E-state index contributed by atoms with van der Waals surface area (Å²) >= 11 is 0. The number of phosphoric acid groups is 2. The molecule has 0 aromatic carbocycles. The molecule has 0 spiro atoms. The highest BCUT2D eigenvalue weighted by atomic mass is 31.2. The maximum absolute atomic E-state index is 13.1. The van der Waals surface area contributed by atoms with E-state index >= 15 is 0 Å². The number of allylic oxidation sites excluding steroid dienone is 4. The van der Waals surface area contributed by atoms with Crippen molar-refractivity contribution >= 4 is 39.5 Å². The maximum atomic E-state index is 13.1. The van der Waals surface area contributed by atoms with Crippen LogP contribution in [0.4, 0.5) is 0 Å². The quantitative estimate of drug-likeness (QED) is 0.0169. The van der Waals surface area contributed by atoms with E-state index in [1.165, 1.54) is 186 Å². The summed E-state index contributed by atoms with van der Waals surface area (Å²) in [5.41, 5.74) is 0. The van der Waals surface area contributed by atoms with Gasteiger partial charge in [-0.1, -0.05) is 342 Å². The van der Waals surface area contributed by atoms with Gasteiger partial charge in [-0.3, -0.25) is 37.3 Å². The summed E-state index contributed by atoms with van der Waals surface area (Å²) in [6, 6.07) is 0. The van der Waals surface area contributed by atoms with Crippen molar-refractivity contribution in [2.45, 2.75) is 414 Å². The van der Waals surface area contributed by atoms with E-state index in [1.807, 2.05) is 0 Å². The van der Waals surface area contributed by atoms with Crippen LogP contribution in [0.1, 0.15) is 395 Å². The second kappa shape index (κ2) is 70.8. The molecule has 3 N–H and O–H groups in total. The summed E-state index contributed by atoms with van der Waals surface area (Å²) in [5.74, 6) is 0.183. The first-order valence-electron chi connectivity index (χ1n) is 41.2. The second-order valence-electron chi connectivity index (χ2n) is 29.7. The number of hydrogen-bond donors (Lipinski definition) is 3. The van der Waals surface area contributed by atoms with Crippen molar-refractivity contribution in [3.63, 3.8) is 0 Å². The zero-order valence-electron chi connectivity index (χ0n) is 65.2. The van der Waals surface area contributed by atoms with E-state index in [9.17, 15) is 43.2 Å². The Kier molecular flexibility index (Phi) is 69.1. The van der Waals surface area contributed by atoms with Crippen LogP contribution >= 0.6 is 15.6 Å². The van der Waals surface area contributed by atoms with Gasteiger partial charge in [0.2, 0.25) is 0 Å². The first-order chi connectivity index (χ1) is 48.3. The number of rotatable bonds is 77. The van der Waals surface area contributed by atoms with Gasteiger partial charge in [-0.2, -0.15) is 0 Å². The summed E-state index contributed by atoms with van der Waals surface area (Å²) < 4.78 is 68.6. The van der Waals surface area contributed by atoms with Crippen molar-refractivity contribution in [2.24, 2.45) is 17.8 Å². The maximum Gasteiger partial charge on any atom is 0.472 e. The molecule has 0 heterocycles. The van der Waals surface area contributed by atoms with Crippen molar-refractivity contribution in [1.29, 1.82) is 0 Å². The lowest BCUT2D eigenvalue weighted by atomic mass is 9.99. The highest BCUT2D eigenvalue weighted by Gasteiger charge is 2.30. The Bertz CT molecular complexity index is 2040. The molecule has 0 saturated carbocycles. The summed E-state index contributed by atoms with van der Waals surface area (Å²) in [6.07, 6.45) is 62.0. The summed E-state index contributed by atoms with van der Waals surface area (Å²) in [4.78, 5) is 73.0. The molecule has 100 heavy (non-hydrogen) atoms. The van der Waals surface area contributed by atoms with Gasteiger partial charge in [-0.15, -0.1) is 0 Å². The zero-order chi connectivity index (χ0) is 73.7. The van der Waals surface area contributed by atoms with Crippen molar-refractivity contribution in [1.82, 2.24) is 0 Å². The number of carbonyl (C=O) groups is 4. The van der Waals surface area contributed by atoms with Gasteiger partial charge in [0.25, 0.3) is 0 Å². The van der Waals surface area contributed by atoms with Gasteiger partial charge >= 0.3 is 39.5 Å². The first kappa shape index (κ1) is 97.5. The van der Waals surface area contributed by atoms with Gasteiger partial charge in [0.05, 0.1) is 26.4 Å². The van der Waals surface area contributed by atoms with Gasteiger partial charge < -0.3 is 33.8 Å². The molecule has 0 aromatic rings. The molecule has 6 atom stereocenters. The van der Waals surface area contributed by atoms with Crippen LogP contribution in [0.5, 0.6) is 0 Å². The van der Waals surface area contributed by atoms with Gasteiger partial charge in [-0.25, -0.2) is 9.13 Å². The minimum Gasteiger partial charge on any atom is -0.462 e. The number of aliphatic hydroxyl groups excluding tert-OH is 1. The van der Waals surface area contributed by atoms with Crippen LogP contribution in [0.3, 0.4) is 0 Å². The lowest BCUT2D eigenvalue weighted by Gasteiger charge is -2.21. The fourth-order valence-electron chi connectivity index (χ4n) is 11.9. The van der Waals surface area contributed by atoms with Crippen molar-refractivity contribution in [2.75, 3.05) is 39.6 Å². The fourth-order valence-corrected chi connectivity index (χ4v) is 13.5. The van der Waals surface area contributed by atoms with E-state index in [2.05, 4.69) is 72.8 Å². The lowest BCUT2D eigenvalue weighted by molar-refractivity contribution is -0.161. The predicted octanol–water partition coefficient (Wildman–Crippen LogP) is 23.7. The molecular formula is C81H154O17P2. The lowest BCUT2D eigenvalue weighted by Crippen LogP contribution is -2.30. The molecule has 0 radical (unpaired) electrons. The Hall–Kier alpha value is -2.46. The van der Waals surface area contributed by atoms with Gasteiger partial charge in [0.1, 0.15) is 19.3 Å². The largest absolute Gasteiger partial charge is 0.472 e. The molecule has 590 valence electrons. The van der Waals surface area contributed by atoms with Crippen molar-refractivity contribution in [3.05, 3.63) is 24.3 Å². The highest BCUT2D eigenvalue weighted by molar-refractivity contribution is 7.47. The van der Waals surface area contributed by atoms with E-state index in [4.69, 9.17) is 37.0 Å². The Balaban J connectivity index is 5.25. The van der Waals surface area contributed by atoms with Crippen molar-refractivity contribution < 1.29 is 80.2 Å². The van der Waals surface area contributed by atoms with Crippen LogP contribution < -0.4 is 0 Å². The van der Waals surface area contributed by atoms with Crippen LogP contribution in [0.2, 0.25) is 0 Å². The van der Waals surface area contributed by atoms with Gasteiger partial charge in [0, 0.05) is 25.7 Å². The average Bonchev–Trinajstić information content (AvgIpc) is 0.954. The smallest absolute Gasteiger partial charge is 0.462 e. The molecule has 19 heteroatoms. The third kappa shape index (κ3) is 72.5. The van der Waals surface area contributed by atoms with Crippen molar-refractivity contribution in [3.8, 4) is 0 Å².